The molecule has 0 heterocycles. The summed E-state index contributed by atoms with van der Waals surface area (Å²) in [5, 5.41) is 8.85. The molecule has 5 N–H and O–H groups in total. The molecule has 33 heavy (non-hydrogen) atoms. The number of amides is 4. The Kier molecular flexibility index (Phi) is 14.3. The van der Waals surface area contributed by atoms with Crippen molar-refractivity contribution in [1.82, 2.24) is 16.0 Å². The standard InChI is InChI=1S/C22H40N4O6S/c1-6-33(31,32)14-9-7-8-12-18(27)26-19(15(2)3)21(29)25-17(20(28)16(4)5)11-10-13-24-22(23)30/h6,15-17,19H,1,7-14H2,2-5H3,(H,25,29)(H,26,27)(H3,23,24,30)/t17-,19-/m1/s1. The van der Waals surface area contributed by atoms with Crippen molar-refractivity contribution in [2.75, 3.05) is 12.3 Å². The molecule has 10 nitrogen and oxygen atoms in total. The van der Waals surface area contributed by atoms with Gasteiger partial charge < -0.3 is 21.7 Å². The van der Waals surface area contributed by atoms with E-state index in [4.69, 9.17) is 5.73 Å². The minimum Gasteiger partial charge on any atom is -0.352 e. The topological polar surface area (TPSA) is 165 Å². The number of nitrogens with two attached hydrogens (primary N) is 1. The molecular formula is C22H40N4O6S. The van der Waals surface area contributed by atoms with Crippen LogP contribution < -0.4 is 21.7 Å². The Bertz CT molecular complexity index is 780. The summed E-state index contributed by atoms with van der Waals surface area (Å²) in [6.45, 7) is 10.6. The Morgan fingerprint density at radius 3 is 2.12 bits per heavy atom. The summed E-state index contributed by atoms with van der Waals surface area (Å²) in [5.74, 6) is -1.40. The van der Waals surface area contributed by atoms with E-state index in [9.17, 15) is 27.6 Å². The Morgan fingerprint density at radius 1 is 0.970 bits per heavy atom. The first kappa shape index (κ1) is 30.6. The van der Waals surface area contributed by atoms with Gasteiger partial charge in [-0.1, -0.05) is 40.7 Å². The van der Waals surface area contributed by atoms with Crippen molar-refractivity contribution in [3.63, 3.8) is 0 Å². The molecule has 4 amide bonds. The summed E-state index contributed by atoms with van der Waals surface area (Å²) in [6, 6.07) is -2.21. The lowest BCUT2D eigenvalue weighted by atomic mass is 9.96. The fourth-order valence-electron chi connectivity index (χ4n) is 3.10. The molecule has 0 aromatic carbocycles. The number of primary amides is 1. The van der Waals surface area contributed by atoms with E-state index in [0.29, 0.717) is 32.1 Å². The molecule has 0 radical (unpaired) electrons. The fourth-order valence-corrected chi connectivity index (χ4v) is 3.87. The molecular weight excluding hydrogens is 448 g/mol. The molecule has 0 saturated heterocycles. The number of rotatable bonds is 17. The maximum absolute atomic E-state index is 12.9. The third-order valence-corrected chi connectivity index (χ3v) is 6.42. The maximum atomic E-state index is 12.9. The lowest BCUT2D eigenvalue weighted by Crippen LogP contribution is -2.54. The highest BCUT2D eigenvalue weighted by Gasteiger charge is 2.29. The molecule has 0 rings (SSSR count). The largest absolute Gasteiger partial charge is 0.352 e. The van der Waals surface area contributed by atoms with Gasteiger partial charge in [0.1, 0.15) is 6.04 Å². The fraction of sp³-hybridized carbons (Fsp3) is 0.727. The maximum Gasteiger partial charge on any atom is 0.312 e. The van der Waals surface area contributed by atoms with Crippen LogP contribution in [0, 0.1) is 11.8 Å². The Labute approximate surface area is 197 Å². The number of carbonyl (C=O) groups is 4. The van der Waals surface area contributed by atoms with Gasteiger partial charge in [-0.25, -0.2) is 13.2 Å². The second kappa shape index (κ2) is 15.4. The lowest BCUT2D eigenvalue weighted by Gasteiger charge is -2.26. The van der Waals surface area contributed by atoms with Crippen LogP contribution in [0.5, 0.6) is 0 Å². The molecule has 0 saturated carbocycles. The third-order valence-electron chi connectivity index (χ3n) is 5.05. The number of Topliss-reactive ketones (excluding diaryl/α,β-unsaturated/α-hetero) is 1. The number of carbonyl (C=O) groups excluding carboxylic acids is 4. The zero-order chi connectivity index (χ0) is 25.6. The second-order valence-electron chi connectivity index (χ2n) is 8.69. The van der Waals surface area contributed by atoms with Crippen molar-refractivity contribution in [3.05, 3.63) is 12.0 Å². The van der Waals surface area contributed by atoms with Gasteiger partial charge in [0.2, 0.25) is 11.8 Å². The van der Waals surface area contributed by atoms with Crippen LogP contribution in [0.3, 0.4) is 0 Å². The van der Waals surface area contributed by atoms with Gasteiger partial charge in [-0.2, -0.15) is 0 Å². The van der Waals surface area contributed by atoms with Crippen molar-refractivity contribution >= 4 is 33.5 Å². The Hall–Kier alpha value is -2.43. The molecule has 0 unspecified atom stereocenters. The zero-order valence-electron chi connectivity index (χ0n) is 20.2. The van der Waals surface area contributed by atoms with Crippen LogP contribution >= 0.6 is 0 Å². The van der Waals surface area contributed by atoms with Gasteiger partial charge in [0.25, 0.3) is 0 Å². The van der Waals surface area contributed by atoms with Crippen molar-refractivity contribution in [2.45, 2.75) is 78.3 Å². The van der Waals surface area contributed by atoms with Crippen LogP contribution in [0.15, 0.2) is 12.0 Å². The SMILES string of the molecule is C=CS(=O)(=O)CCCCCC(=O)N[C@@H](C(=O)N[C@H](CCCNC(N)=O)C(=O)C(C)C)C(C)C. The van der Waals surface area contributed by atoms with Gasteiger partial charge in [-0.3, -0.25) is 14.4 Å². The third kappa shape index (κ3) is 13.7. The predicted octanol–water partition coefficient (Wildman–Crippen LogP) is 1.40. The quantitative estimate of drug-likeness (QED) is 0.226. The Morgan fingerprint density at radius 2 is 1.61 bits per heavy atom. The number of hydrogen-bond donors (Lipinski definition) is 4. The van der Waals surface area contributed by atoms with E-state index in [1.807, 2.05) is 0 Å². The predicted molar refractivity (Wildman–Crippen MR) is 128 cm³/mol. The van der Waals surface area contributed by atoms with Crippen LogP contribution in [0.25, 0.3) is 0 Å². The molecule has 0 aliphatic rings. The second-order valence-corrected chi connectivity index (χ2v) is 10.8. The van der Waals surface area contributed by atoms with Crippen molar-refractivity contribution in [2.24, 2.45) is 17.6 Å². The van der Waals surface area contributed by atoms with Gasteiger partial charge in [0.05, 0.1) is 11.8 Å². The molecule has 0 fully saturated rings. The molecule has 2 atom stereocenters. The minimum absolute atomic E-state index is 0.00459. The summed E-state index contributed by atoms with van der Waals surface area (Å²) in [7, 11) is -3.24. The summed E-state index contributed by atoms with van der Waals surface area (Å²) in [4.78, 5) is 48.6. The van der Waals surface area contributed by atoms with Crippen LogP contribution in [0.4, 0.5) is 4.79 Å². The van der Waals surface area contributed by atoms with Crippen molar-refractivity contribution < 1.29 is 27.6 Å². The van der Waals surface area contributed by atoms with E-state index in [0.717, 1.165) is 5.41 Å². The van der Waals surface area contributed by atoms with E-state index in [-0.39, 0.29) is 42.2 Å². The molecule has 0 aliphatic heterocycles. The molecule has 11 heteroatoms. The molecule has 0 bridgehead atoms. The summed E-state index contributed by atoms with van der Waals surface area (Å²) in [6.07, 6.45) is 2.43. The minimum atomic E-state index is -3.24. The van der Waals surface area contributed by atoms with Crippen LogP contribution in [0.1, 0.15) is 66.2 Å². The average molecular weight is 489 g/mol. The van der Waals surface area contributed by atoms with E-state index >= 15 is 0 Å². The van der Waals surface area contributed by atoms with Gasteiger partial charge >= 0.3 is 6.03 Å². The number of hydrogen-bond acceptors (Lipinski definition) is 6. The zero-order valence-corrected chi connectivity index (χ0v) is 21.0. The highest BCUT2D eigenvalue weighted by molar-refractivity contribution is 7.94. The van der Waals surface area contributed by atoms with Gasteiger partial charge in [-0.05, 0) is 31.6 Å². The smallest absolute Gasteiger partial charge is 0.312 e. The van der Waals surface area contributed by atoms with E-state index < -0.39 is 33.9 Å². The number of urea groups is 1. The molecule has 0 aliphatic carbocycles. The van der Waals surface area contributed by atoms with Gasteiger partial charge in [0.15, 0.2) is 15.6 Å². The first-order valence-electron chi connectivity index (χ1n) is 11.3. The van der Waals surface area contributed by atoms with E-state index in [1.54, 1.807) is 27.7 Å². The lowest BCUT2D eigenvalue weighted by molar-refractivity contribution is -0.133. The first-order chi connectivity index (χ1) is 15.3. The van der Waals surface area contributed by atoms with Crippen LogP contribution in [0.2, 0.25) is 0 Å². The number of sulfone groups is 1. The van der Waals surface area contributed by atoms with Gasteiger partial charge in [0, 0.05) is 24.3 Å². The monoisotopic (exact) mass is 488 g/mol. The number of nitrogens with one attached hydrogen (secondary N) is 3. The van der Waals surface area contributed by atoms with E-state index in [1.165, 1.54) is 0 Å². The van der Waals surface area contributed by atoms with Crippen LogP contribution in [-0.4, -0.2) is 56.4 Å². The van der Waals surface area contributed by atoms with Crippen molar-refractivity contribution in [3.8, 4) is 0 Å². The number of ketones is 1. The van der Waals surface area contributed by atoms with Gasteiger partial charge in [-0.15, -0.1) is 0 Å². The summed E-state index contributed by atoms with van der Waals surface area (Å²) >= 11 is 0. The highest BCUT2D eigenvalue weighted by Crippen LogP contribution is 2.10. The average Bonchev–Trinajstić information content (AvgIpc) is 2.72. The van der Waals surface area contributed by atoms with E-state index in [2.05, 4.69) is 22.5 Å². The molecule has 0 aromatic rings. The molecule has 190 valence electrons. The normalized spacial score (nSPS) is 13.3. The Balaban J connectivity index is 4.83. The van der Waals surface area contributed by atoms with Crippen molar-refractivity contribution in [1.29, 1.82) is 0 Å². The summed E-state index contributed by atoms with van der Waals surface area (Å²) in [5.41, 5.74) is 5.04. The molecule has 0 spiro atoms. The van der Waals surface area contributed by atoms with Crippen LogP contribution in [-0.2, 0) is 24.2 Å². The first-order valence-corrected chi connectivity index (χ1v) is 13.0. The number of unbranched alkanes of at least 4 members (excludes halogenated alkanes) is 2. The highest BCUT2D eigenvalue weighted by atomic mass is 32.2. The molecule has 0 aromatic heterocycles. The summed E-state index contributed by atoms with van der Waals surface area (Å²) < 4.78 is 22.8.